The number of nitrogens with one attached hydrogen (secondary N) is 1. The maximum Gasteiger partial charge on any atom is 0.261 e. The molecule has 2 aromatic rings. The van der Waals surface area contributed by atoms with E-state index in [2.05, 4.69) is 4.72 Å². The van der Waals surface area contributed by atoms with Crippen LogP contribution in [0.5, 0.6) is 0 Å². The summed E-state index contributed by atoms with van der Waals surface area (Å²) in [6, 6.07) is 10.4. The van der Waals surface area contributed by atoms with Gasteiger partial charge in [0.25, 0.3) is 10.0 Å². The minimum atomic E-state index is -3.74. The molecule has 0 spiro atoms. The van der Waals surface area contributed by atoms with Crippen LogP contribution in [0.2, 0.25) is 0 Å². The van der Waals surface area contributed by atoms with Crippen molar-refractivity contribution in [2.75, 3.05) is 21.8 Å². The van der Waals surface area contributed by atoms with Crippen LogP contribution in [0.4, 0.5) is 11.4 Å². The molecule has 2 aromatic carbocycles. The second-order valence-corrected chi connectivity index (χ2v) is 11.1. The third kappa shape index (κ3) is 3.75. The second-order valence-electron chi connectivity index (χ2n) is 7.53. The molecule has 8 heteroatoms. The van der Waals surface area contributed by atoms with Crippen molar-refractivity contribution in [1.29, 1.82) is 0 Å². The summed E-state index contributed by atoms with van der Waals surface area (Å²) >= 11 is 0. The summed E-state index contributed by atoms with van der Waals surface area (Å²) in [5.41, 5.74) is 4.16. The molecule has 0 bridgehead atoms. The molecule has 0 amide bonds. The molecule has 0 unspecified atom stereocenters. The van der Waals surface area contributed by atoms with Gasteiger partial charge in [-0.15, -0.1) is 0 Å². The van der Waals surface area contributed by atoms with Crippen molar-refractivity contribution in [3.05, 3.63) is 53.1 Å². The molecule has 28 heavy (non-hydrogen) atoms. The van der Waals surface area contributed by atoms with Crippen LogP contribution >= 0.6 is 0 Å². The van der Waals surface area contributed by atoms with E-state index in [1.807, 2.05) is 6.07 Å². The van der Waals surface area contributed by atoms with Crippen molar-refractivity contribution in [2.45, 2.75) is 43.4 Å². The Labute approximate surface area is 166 Å². The van der Waals surface area contributed by atoms with Crippen molar-refractivity contribution in [1.82, 2.24) is 0 Å². The van der Waals surface area contributed by atoms with Crippen LogP contribution in [0.1, 0.15) is 36.0 Å². The fraction of sp³-hybridized carbons (Fsp3) is 0.400. The standard InChI is InChI=1S/C20H24N2O4S2/c1-27(23,24)22-12-4-7-16-8-10-18(14-20(16)22)21-28(25,26)19-11-9-15-5-2-3-6-17(15)13-19/h8-11,13-14,21H,2-7,12H2,1H3. The zero-order chi connectivity index (χ0) is 19.9. The number of aryl methyl sites for hydroxylation is 3. The number of hydrogen-bond acceptors (Lipinski definition) is 4. The number of sulfonamides is 2. The molecule has 0 saturated carbocycles. The average molecular weight is 421 g/mol. The van der Waals surface area contributed by atoms with Gasteiger partial charge in [-0.2, -0.15) is 0 Å². The van der Waals surface area contributed by atoms with Crippen LogP contribution in [-0.2, 0) is 39.3 Å². The minimum absolute atomic E-state index is 0.242. The highest BCUT2D eigenvalue weighted by Crippen LogP contribution is 2.33. The summed E-state index contributed by atoms with van der Waals surface area (Å²) in [7, 11) is -7.15. The summed E-state index contributed by atoms with van der Waals surface area (Å²) < 4.78 is 53.9. The largest absolute Gasteiger partial charge is 0.280 e. The Morgan fingerprint density at radius 2 is 1.50 bits per heavy atom. The molecule has 0 radical (unpaired) electrons. The Kier molecular flexibility index (Phi) is 4.87. The van der Waals surface area contributed by atoms with Crippen molar-refractivity contribution in [3.8, 4) is 0 Å². The molecule has 150 valence electrons. The second kappa shape index (κ2) is 7.08. The quantitative estimate of drug-likeness (QED) is 0.824. The van der Waals surface area contributed by atoms with Crippen LogP contribution < -0.4 is 9.03 Å². The molecule has 0 atom stereocenters. The van der Waals surface area contributed by atoms with Crippen molar-refractivity contribution >= 4 is 31.4 Å². The van der Waals surface area contributed by atoms with Gasteiger partial charge in [-0.1, -0.05) is 12.1 Å². The van der Waals surface area contributed by atoms with E-state index in [0.717, 1.165) is 49.7 Å². The van der Waals surface area contributed by atoms with Gasteiger partial charge in [0.1, 0.15) is 0 Å². The highest BCUT2D eigenvalue weighted by atomic mass is 32.2. The summed E-state index contributed by atoms with van der Waals surface area (Å²) in [5.74, 6) is 0. The first-order chi connectivity index (χ1) is 13.2. The summed E-state index contributed by atoms with van der Waals surface area (Å²) in [6.07, 6.45) is 6.82. The Hall–Kier alpha value is -2.06. The normalized spacial score (nSPS) is 17.0. The van der Waals surface area contributed by atoms with Crippen LogP contribution in [0.25, 0.3) is 0 Å². The summed E-state index contributed by atoms with van der Waals surface area (Å²) in [6.45, 7) is 0.410. The van der Waals surface area contributed by atoms with E-state index in [1.165, 1.54) is 16.1 Å². The maximum atomic E-state index is 12.9. The topological polar surface area (TPSA) is 83.6 Å². The predicted molar refractivity (Wildman–Crippen MR) is 111 cm³/mol. The molecule has 0 aromatic heterocycles. The number of hydrogen-bond donors (Lipinski definition) is 1. The fourth-order valence-corrected chi connectivity index (χ4v) is 6.13. The number of fused-ring (bicyclic) bond motifs is 2. The van der Waals surface area contributed by atoms with E-state index in [1.54, 1.807) is 30.3 Å². The fourth-order valence-electron chi connectivity index (χ4n) is 4.04. The Morgan fingerprint density at radius 1 is 0.821 bits per heavy atom. The molecule has 2 aliphatic rings. The van der Waals surface area contributed by atoms with Crippen LogP contribution in [0, 0.1) is 0 Å². The van der Waals surface area contributed by atoms with Crippen molar-refractivity contribution in [3.63, 3.8) is 0 Å². The first-order valence-electron chi connectivity index (χ1n) is 9.49. The molecule has 4 rings (SSSR count). The molecular weight excluding hydrogens is 396 g/mol. The Morgan fingerprint density at radius 3 is 2.25 bits per heavy atom. The van der Waals surface area contributed by atoms with Crippen LogP contribution in [0.3, 0.4) is 0 Å². The van der Waals surface area contributed by atoms with E-state index in [4.69, 9.17) is 0 Å². The monoisotopic (exact) mass is 420 g/mol. The van der Waals surface area contributed by atoms with Gasteiger partial charge in [-0.25, -0.2) is 16.8 Å². The van der Waals surface area contributed by atoms with Gasteiger partial charge in [0.2, 0.25) is 10.0 Å². The zero-order valence-corrected chi connectivity index (χ0v) is 17.4. The van der Waals surface area contributed by atoms with E-state index in [9.17, 15) is 16.8 Å². The van der Waals surface area contributed by atoms with E-state index < -0.39 is 20.0 Å². The van der Waals surface area contributed by atoms with Gasteiger partial charge >= 0.3 is 0 Å². The minimum Gasteiger partial charge on any atom is -0.280 e. The Balaban J connectivity index is 1.66. The summed E-state index contributed by atoms with van der Waals surface area (Å²) in [5, 5.41) is 0. The molecular formula is C20H24N2O4S2. The van der Waals surface area contributed by atoms with Gasteiger partial charge in [0, 0.05) is 6.54 Å². The molecule has 0 saturated heterocycles. The lowest BCUT2D eigenvalue weighted by atomic mass is 9.92. The lowest BCUT2D eigenvalue weighted by Gasteiger charge is -2.29. The van der Waals surface area contributed by atoms with Crippen LogP contribution in [0.15, 0.2) is 41.3 Å². The van der Waals surface area contributed by atoms with Gasteiger partial charge in [0.15, 0.2) is 0 Å². The Bertz CT molecular complexity index is 1120. The maximum absolute atomic E-state index is 12.9. The third-order valence-corrected chi connectivity index (χ3v) is 8.00. The first kappa shape index (κ1) is 19.3. The number of benzene rings is 2. The molecule has 1 aliphatic heterocycles. The van der Waals surface area contributed by atoms with E-state index >= 15 is 0 Å². The van der Waals surface area contributed by atoms with Crippen LogP contribution in [-0.4, -0.2) is 29.6 Å². The highest BCUT2D eigenvalue weighted by molar-refractivity contribution is 7.92. The van der Waals surface area contributed by atoms with Gasteiger partial charge in [-0.3, -0.25) is 9.03 Å². The molecule has 1 heterocycles. The number of nitrogens with zero attached hydrogens (tertiary/aromatic N) is 1. The lowest BCUT2D eigenvalue weighted by Crippen LogP contribution is -2.34. The third-order valence-electron chi connectivity index (χ3n) is 5.44. The highest BCUT2D eigenvalue weighted by Gasteiger charge is 2.25. The molecule has 0 fully saturated rings. The van der Waals surface area contributed by atoms with Gasteiger partial charge < -0.3 is 0 Å². The molecule has 1 N–H and O–H groups in total. The first-order valence-corrected chi connectivity index (χ1v) is 12.8. The van der Waals surface area contributed by atoms with E-state index in [0.29, 0.717) is 17.9 Å². The predicted octanol–water partition coefficient (Wildman–Crippen LogP) is 3.08. The zero-order valence-electron chi connectivity index (χ0n) is 15.8. The smallest absolute Gasteiger partial charge is 0.261 e. The van der Waals surface area contributed by atoms with E-state index in [-0.39, 0.29) is 4.90 Å². The summed E-state index contributed by atoms with van der Waals surface area (Å²) in [4.78, 5) is 0.242. The number of rotatable bonds is 4. The molecule has 1 aliphatic carbocycles. The van der Waals surface area contributed by atoms with Gasteiger partial charge in [-0.05, 0) is 79.5 Å². The average Bonchev–Trinajstić information content (AvgIpc) is 2.66. The lowest BCUT2D eigenvalue weighted by molar-refractivity contribution is 0.592. The van der Waals surface area contributed by atoms with Gasteiger partial charge in [0.05, 0.1) is 22.5 Å². The number of anilines is 2. The van der Waals surface area contributed by atoms with Crippen molar-refractivity contribution in [2.24, 2.45) is 0 Å². The molecule has 6 nitrogen and oxygen atoms in total. The van der Waals surface area contributed by atoms with Crippen molar-refractivity contribution < 1.29 is 16.8 Å². The SMILES string of the molecule is CS(=O)(=O)N1CCCc2ccc(NS(=O)(=O)c3ccc4c(c3)CCCC4)cc21.